The van der Waals surface area contributed by atoms with Gasteiger partial charge >= 0.3 is 0 Å². The molecule has 0 saturated carbocycles. The van der Waals surface area contributed by atoms with Gasteiger partial charge in [-0.3, -0.25) is 0 Å². The van der Waals surface area contributed by atoms with Crippen LogP contribution < -0.4 is 5.32 Å². The highest BCUT2D eigenvalue weighted by molar-refractivity contribution is 5.29. The second-order valence-corrected chi connectivity index (χ2v) is 5.22. The molecule has 100 valence electrons. The van der Waals surface area contributed by atoms with Crippen LogP contribution in [-0.2, 0) is 6.42 Å². The molecular weight excluding hydrogens is 218 g/mol. The summed E-state index contributed by atoms with van der Waals surface area (Å²) < 4.78 is 0. The van der Waals surface area contributed by atoms with Gasteiger partial charge in [-0.1, -0.05) is 42.3 Å². The van der Waals surface area contributed by atoms with E-state index in [9.17, 15) is 0 Å². The lowest BCUT2D eigenvalue weighted by atomic mass is 9.98. The molecule has 0 heterocycles. The van der Waals surface area contributed by atoms with Crippen molar-refractivity contribution in [2.45, 2.75) is 52.5 Å². The highest BCUT2D eigenvalue weighted by Crippen LogP contribution is 2.13. The molecule has 1 N–H and O–H groups in total. The third kappa shape index (κ3) is 5.50. The van der Waals surface area contributed by atoms with Crippen molar-refractivity contribution in [2.24, 2.45) is 0 Å². The lowest BCUT2D eigenvalue weighted by Crippen LogP contribution is -2.31. The Morgan fingerprint density at radius 2 is 1.89 bits per heavy atom. The van der Waals surface area contributed by atoms with Gasteiger partial charge in [-0.2, -0.15) is 0 Å². The quantitative estimate of drug-likeness (QED) is 0.677. The maximum absolute atomic E-state index is 3.82. The Morgan fingerprint density at radius 3 is 2.44 bits per heavy atom. The molecule has 1 heteroatoms. The van der Waals surface area contributed by atoms with Gasteiger partial charge in [-0.05, 0) is 51.6 Å². The fraction of sp³-hybridized carbons (Fsp3) is 0.529. The number of allylic oxidation sites excluding steroid dienone is 1. The number of benzene rings is 1. The fourth-order valence-corrected chi connectivity index (χ4v) is 2.42. The molecule has 18 heavy (non-hydrogen) atoms. The average molecular weight is 245 g/mol. The largest absolute Gasteiger partial charge is 0.314 e. The predicted octanol–water partition coefficient (Wildman–Crippen LogP) is 4.18. The molecule has 1 rings (SSSR count). The Bertz CT molecular complexity index is 348. The van der Waals surface area contributed by atoms with Crippen molar-refractivity contribution in [1.82, 2.24) is 5.32 Å². The maximum Gasteiger partial charge on any atom is 0.0110 e. The maximum atomic E-state index is 3.82. The summed E-state index contributed by atoms with van der Waals surface area (Å²) in [6.07, 6.45) is 6.60. The van der Waals surface area contributed by atoms with Crippen LogP contribution in [-0.4, -0.2) is 12.6 Å². The molecule has 0 aliphatic rings. The summed E-state index contributed by atoms with van der Waals surface area (Å²) in [7, 11) is 0. The van der Waals surface area contributed by atoms with Crippen molar-refractivity contribution >= 4 is 0 Å². The van der Waals surface area contributed by atoms with E-state index >= 15 is 0 Å². The van der Waals surface area contributed by atoms with E-state index in [1.807, 2.05) is 6.08 Å². The van der Waals surface area contributed by atoms with Crippen LogP contribution in [0.25, 0.3) is 0 Å². The number of nitrogens with one attached hydrogen (secondary N) is 1. The zero-order chi connectivity index (χ0) is 13.4. The standard InChI is InChI=1S/C17H27N/c1-5-7-8-17(18-9-6-2)13-16-11-14(3)10-15(4)12-16/h5,10-12,17-18H,1,6-9,13H2,2-4H3. The van der Waals surface area contributed by atoms with Gasteiger partial charge in [0.1, 0.15) is 0 Å². The molecule has 1 aromatic carbocycles. The highest BCUT2D eigenvalue weighted by atomic mass is 14.9. The Balaban J connectivity index is 2.64. The Morgan fingerprint density at radius 1 is 1.22 bits per heavy atom. The summed E-state index contributed by atoms with van der Waals surface area (Å²) in [5, 5.41) is 3.64. The topological polar surface area (TPSA) is 12.0 Å². The number of hydrogen-bond donors (Lipinski definition) is 1. The van der Waals surface area contributed by atoms with Gasteiger partial charge in [0.15, 0.2) is 0 Å². The van der Waals surface area contributed by atoms with E-state index in [1.54, 1.807) is 0 Å². The van der Waals surface area contributed by atoms with Gasteiger partial charge in [0.2, 0.25) is 0 Å². The summed E-state index contributed by atoms with van der Waals surface area (Å²) >= 11 is 0. The summed E-state index contributed by atoms with van der Waals surface area (Å²) in [6.45, 7) is 11.5. The molecule has 0 aliphatic heterocycles. The van der Waals surface area contributed by atoms with Crippen molar-refractivity contribution < 1.29 is 0 Å². The first kappa shape index (κ1) is 15.0. The molecule has 1 nitrogen and oxygen atoms in total. The van der Waals surface area contributed by atoms with Crippen molar-refractivity contribution in [2.75, 3.05) is 6.54 Å². The zero-order valence-corrected chi connectivity index (χ0v) is 12.1. The second kappa shape index (κ2) is 8.10. The van der Waals surface area contributed by atoms with Crippen molar-refractivity contribution in [1.29, 1.82) is 0 Å². The van der Waals surface area contributed by atoms with E-state index in [0.29, 0.717) is 6.04 Å². The number of hydrogen-bond acceptors (Lipinski definition) is 1. The van der Waals surface area contributed by atoms with Crippen LogP contribution >= 0.6 is 0 Å². The molecule has 0 aromatic heterocycles. The minimum absolute atomic E-state index is 0.573. The first-order valence-corrected chi connectivity index (χ1v) is 7.07. The summed E-state index contributed by atoms with van der Waals surface area (Å²) in [5.41, 5.74) is 4.18. The van der Waals surface area contributed by atoms with Crippen LogP contribution in [0.15, 0.2) is 30.9 Å². The van der Waals surface area contributed by atoms with E-state index in [-0.39, 0.29) is 0 Å². The zero-order valence-electron chi connectivity index (χ0n) is 12.1. The first-order chi connectivity index (χ1) is 8.65. The molecule has 1 aromatic rings. The van der Waals surface area contributed by atoms with Crippen molar-refractivity contribution in [3.05, 3.63) is 47.5 Å². The van der Waals surface area contributed by atoms with Crippen LogP contribution in [0.5, 0.6) is 0 Å². The first-order valence-electron chi connectivity index (χ1n) is 7.07. The Labute approximate surface area is 112 Å². The lowest BCUT2D eigenvalue weighted by Gasteiger charge is -2.18. The SMILES string of the molecule is C=CCCC(Cc1cc(C)cc(C)c1)NCCC. The van der Waals surface area contributed by atoms with E-state index in [4.69, 9.17) is 0 Å². The van der Waals surface area contributed by atoms with Gasteiger partial charge in [0.25, 0.3) is 0 Å². The minimum Gasteiger partial charge on any atom is -0.314 e. The molecule has 0 saturated heterocycles. The van der Waals surface area contributed by atoms with E-state index in [0.717, 1.165) is 19.4 Å². The van der Waals surface area contributed by atoms with Gasteiger partial charge in [0.05, 0.1) is 0 Å². The van der Waals surface area contributed by atoms with Gasteiger partial charge in [0, 0.05) is 6.04 Å². The van der Waals surface area contributed by atoms with Crippen LogP contribution in [0.2, 0.25) is 0 Å². The van der Waals surface area contributed by atoms with E-state index in [2.05, 4.69) is 50.9 Å². The average Bonchev–Trinajstić information content (AvgIpc) is 2.31. The van der Waals surface area contributed by atoms with Crippen LogP contribution in [0.3, 0.4) is 0 Å². The van der Waals surface area contributed by atoms with Gasteiger partial charge in [-0.25, -0.2) is 0 Å². The molecule has 1 atom stereocenters. The number of aryl methyl sites for hydroxylation is 2. The monoisotopic (exact) mass is 245 g/mol. The smallest absolute Gasteiger partial charge is 0.0110 e. The highest BCUT2D eigenvalue weighted by Gasteiger charge is 2.08. The molecule has 0 aliphatic carbocycles. The molecule has 0 fully saturated rings. The van der Waals surface area contributed by atoms with Crippen LogP contribution in [0, 0.1) is 13.8 Å². The molecule has 0 radical (unpaired) electrons. The molecule has 1 unspecified atom stereocenters. The molecular formula is C17H27N. The minimum atomic E-state index is 0.573. The molecule has 0 amide bonds. The Hall–Kier alpha value is -1.08. The van der Waals surface area contributed by atoms with Gasteiger partial charge in [-0.15, -0.1) is 6.58 Å². The summed E-state index contributed by atoms with van der Waals surface area (Å²) in [5.74, 6) is 0. The second-order valence-electron chi connectivity index (χ2n) is 5.22. The third-order valence-electron chi connectivity index (χ3n) is 3.17. The normalized spacial score (nSPS) is 12.4. The lowest BCUT2D eigenvalue weighted by molar-refractivity contribution is 0.481. The van der Waals surface area contributed by atoms with Crippen molar-refractivity contribution in [3.63, 3.8) is 0 Å². The fourth-order valence-electron chi connectivity index (χ4n) is 2.42. The predicted molar refractivity (Wildman–Crippen MR) is 81.1 cm³/mol. The molecule has 0 bridgehead atoms. The number of rotatable bonds is 8. The van der Waals surface area contributed by atoms with Crippen molar-refractivity contribution in [3.8, 4) is 0 Å². The summed E-state index contributed by atoms with van der Waals surface area (Å²) in [6, 6.07) is 7.43. The van der Waals surface area contributed by atoms with Crippen LogP contribution in [0.1, 0.15) is 42.9 Å². The summed E-state index contributed by atoms with van der Waals surface area (Å²) in [4.78, 5) is 0. The molecule has 0 spiro atoms. The van der Waals surface area contributed by atoms with Crippen LogP contribution in [0.4, 0.5) is 0 Å². The van der Waals surface area contributed by atoms with Gasteiger partial charge < -0.3 is 5.32 Å². The van der Waals surface area contributed by atoms with E-state index in [1.165, 1.54) is 29.5 Å². The third-order valence-corrected chi connectivity index (χ3v) is 3.17. The Kier molecular flexibility index (Phi) is 6.74. The van der Waals surface area contributed by atoms with E-state index < -0.39 is 0 Å².